The van der Waals surface area contributed by atoms with Crippen molar-refractivity contribution in [3.8, 4) is 0 Å². The van der Waals surface area contributed by atoms with Crippen molar-refractivity contribution >= 4 is 17.7 Å². The van der Waals surface area contributed by atoms with Crippen LogP contribution in [-0.4, -0.2) is 44.3 Å². The monoisotopic (exact) mass is 425 g/mol. The van der Waals surface area contributed by atoms with Crippen LogP contribution in [0.2, 0.25) is 5.02 Å². The summed E-state index contributed by atoms with van der Waals surface area (Å²) in [6.45, 7) is 1.63. The molecule has 0 unspecified atom stereocenters. The van der Waals surface area contributed by atoms with Gasteiger partial charge in [0.15, 0.2) is 12.4 Å². The molecule has 1 amide bonds. The molecule has 2 aromatic carbocycles. The molecule has 2 heterocycles. The Hall–Kier alpha value is -2.93. The molecule has 0 spiro atoms. The van der Waals surface area contributed by atoms with E-state index in [-0.39, 0.29) is 12.6 Å². The van der Waals surface area contributed by atoms with Crippen molar-refractivity contribution in [3.05, 3.63) is 77.1 Å². The molecular weight excluding hydrogens is 402 g/mol. The summed E-state index contributed by atoms with van der Waals surface area (Å²) in [4.78, 5) is 16.1. The number of tetrazole rings is 1. The lowest BCUT2D eigenvalue weighted by molar-refractivity contribution is 0.0420. The van der Waals surface area contributed by atoms with Gasteiger partial charge in [0.2, 0.25) is 0 Å². The SMILES string of the molecule is O=C(O[C@@H](Cn1ncnn1)c1ccccc1Cl)N1CCC(Cc2ccccc2)CC1. The van der Waals surface area contributed by atoms with Crippen LogP contribution in [0, 0.1) is 5.92 Å². The number of halogens is 1. The summed E-state index contributed by atoms with van der Waals surface area (Å²) in [6.07, 6.45) is 3.39. The number of hydrogen-bond donors (Lipinski definition) is 0. The maximum absolute atomic E-state index is 12.9. The molecule has 1 fully saturated rings. The quantitative estimate of drug-likeness (QED) is 0.592. The zero-order valence-electron chi connectivity index (χ0n) is 16.6. The number of benzene rings is 2. The number of carbonyl (C=O) groups is 1. The summed E-state index contributed by atoms with van der Waals surface area (Å²) in [6, 6.07) is 17.8. The maximum Gasteiger partial charge on any atom is 0.410 e. The lowest BCUT2D eigenvalue weighted by Gasteiger charge is -2.32. The van der Waals surface area contributed by atoms with Crippen LogP contribution < -0.4 is 0 Å². The van der Waals surface area contributed by atoms with Crippen molar-refractivity contribution in [3.63, 3.8) is 0 Å². The van der Waals surface area contributed by atoms with Gasteiger partial charge in [0.25, 0.3) is 0 Å². The molecule has 1 atom stereocenters. The zero-order chi connectivity index (χ0) is 20.8. The number of aromatic nitrogens is 4. The van der Waals surface area contributed by atoms with Crippen molar-refractivity contribution in [2.24, 2.45) is 5.92 Å². The number of rotatable bonds is 6. The maximum atomic E-state index is 12.9. The minimum Gasteiger partial charge on any atom is -0.439 e. The fraction of sp³-hybridized carbons (Fsp3) is 0.364. The van der Waals surface area contributed by atoms with Gasteiger partial charge in [0, 0.05) is 23.7 Å². The Balaban J connectivity index is 1.37. The molecule has 8 heteroatoms. The standard InChI is InChI=1S/C22H24ClN5O2/c23-20-9-5-4-8-19(20)21(15-28-25-16-24-26-28)30-22(29)27-12-10-18(11-13-27)14-17-6-2-1-3-7-17/h1-9,16,18,21H,10-15H2/t21-/m0/s1. The number of piperidine rings is 1. The van der Waals surface area contributed by atoms with Crippen LogP contribution in [0.5, 0.6) is 0 Å². The van der Waals surface area contributed by atoms with Gasteiger partial charge in [0.1, 0.15) is 6.54 Å². The molecule has 0 bridgehead atoms. The summed E-state index contributed by atoms with van der Waals surface area (Å²) in [5.74, 6) is 0.579. The second-order valence-electron chi connectivity index (χ2n) is 7.50. The van der Waals surface area contributed by atoms with Gasteiger partial charge in [-0.15, -0.1) is 10.2 Å². The van der Waals surface area contributed by atoms with Crippen LogP contribution in [0.15, 0.2) is 60.9 Å². The van der Waals surface area contributed by atoms with Crippen LogP contribution in [0.1, 0.15) is 30.1 Å². The van der Waals surface area contributed by atoms with Crippen molar-refractivity contribution in [2.75, 3.05) is 13.1 Å². The van der Waals surface area contributed by atoms with Crippen molar-refractivity contribution in [1.82, 2.24) is 25.1 Å². The predicted molar refractivity (Wildman–Crippen MR) is 113 cm³/mol. The molecule has 1 saturated heterocycles. The molecule has 1 aliphatic rings. The number of amides is 1. The average molecular weight is 426 g/mol. The molecule has 7 nitrogen and oxygen atoms in total. The van der Waals surface area contributed by atoms with Crippen LogP contribution in [0.4, 0.5) is 4.79 Å². The molecule has 0 radical (unpaired) electrons. The number of ether oxygens (including phenoxy) is 1. The molecule has 1 aromatic heterocycles. The summed E-state index contributed by atoms with van der Waals surface area (Å²) in [5, 5.41) is 12.2. The van der Waals surface area contributed by atoms with Crippen molar-refractivity contribution < 1.29 is 9.53 Å². The lowest BCUT2D eigenvalue weighted by atomic mass is 9.90. The molecule has 156 valence electrons. The van der Waals surface area contributed by atoms with Crippen LogP contribution in [0.25, 0.3) is 0 Å². The predicted octanol–water partition coefficient (Wildman–Crippen LogP) is 4.16. The number of nitrogens with zero attached hydrogens (tertiary/aromatic N) is 5. The smallest absolute Gasteiger partial charge is 0.410 e. The first-order valence-corrected chi connectivity index (χ1v) is 10.5. The first kappa shape index (κ1) is 20.3. The van der Waals surface area contributed by atoms with Gasteiger partial charge < -0.3 is 9.64 Å². The third-order valence-electron chi connectivity index (χ3n) is 5.46. The highest BCUT2D eigenvalue weighted by Crippen LogP contribution is 2.28. The van der Waals surface area contributed by atoms with E-state index < -0.39 is 6.10 Å². The first-order chi connectivity index (χ1) is 14.7. The third-order valence-corrected chi connectivity index (χ3v) is 5.80. The minimum atomic E-state index is -0.595. The molecule has 30 heavy (non-hydrogen) atoms. The van der Waals surface area contributed by atoms with E-state index in [2.05, 4.69) is 39.7 Å². The fourth-order valence-electron chi connectivity index (χ4n) is 3.82. The molecule has 0 aliphatic carbocycles. The van der Waals surface area contributed by atoms with Gasteiger partial charge in [-0.1, -0.05) is 60.1 Å². The van der Waals surface area contributed by atoms with E-state index in [1.54, 1.807) is 11.0 Å². The Bertz CT molecular complexity index is 943. The Morgan fingerprint density at radius 1 is 1.10 bits per heavy atom. The van der Waals surface area contributed by atoms with Gasteiger partial charge in [-0.05, 0) is 42.0 Å². The highest BCUT2D eigenvalue weighted by molar-refractivity contribution is 6.31. The highest BCUT2D eigenvalue weighted by Gasteiger charge is 2.28. The third kappa shape index (κ3) is 5.16. The van der Waals surface area contributed by atoms with Crippen molar-refractivity contribution in [2.45, 2.75) is 31.9 Å². The summed E-state index contributed by atoms with van der Waals surface area (Å²) >= 11 is 6.35. The van der Waals surface area contributed by atoms with Gasteiger partial charge in [-0.2, -0.15) is 4.80 Å². The molecule has 1 aliphatic heterocycles. The lowest BCUT2D eigenvalue weighted by Crippen LogP contribution is -2.40. The van der Waals surface area contributed by atoms with E-state index in [1.807, 2.05) is 24.3 Å². The minimum absolute atomic E-state index is 0.250. The molecule has 0 saturated carbocycles. The average Bonchev–Trinajstić information content (AvgIpc) is 3.28. The van der Waals surface area contributed by atoms with E-state index in [9.17, 15) is 4.79 Å². The van der Waals surface area contributed by atoms with Crippen molar-refractivity contribution in [1.29, 1.82) is 0 Å². The summed E-state index contributed by atoms with van der Waals surface area (Å²) in [5.41, 5.74) is 2.07. The second-order valence-corrected chi connectivity index (χ2v) is 7.91. The summed E-state index contributed by atoms with van der Waals surface area (Å²) < 4.78 is 5.86. The van der Waals surface area contributed by atoms with Crippen LogP contribution >= 0.6 is 11.6 Å². The van der Waals surface area contributed by atoms with Crippen LogP contribution in [0.3, 0.4) is 0 Å². The van der Waals surface area contributed by atoms with Gasteiger partial charge in [-0.25, -0.2) is 4.79 Å². The van der Waals surface area contributed by atoms with E-state index in [1.165, 1.54) is 16.7 Å². The van der Waals surface area contributed by atoms with Gasteiger partial charge in [0.05, 0.1) is 0 Å². The molecule has 4 rings (SSSR count). The van der Waals surface area contributed by atoms with E-state index in [0.29, 0.717) is 24.0 Å². The fourth-order valence-corrected chi connectivity index (χ4v) is 4.08. The number of hydrogen-bond acceptors (Lipinski definition) is 5. The normalized spacial score (nSPS) is 15.7. The Labute approximate surface area is 180 Å². The number of carbonyl (C=O) groups excluding carboxylic acids is 1. The second kappa shape index (κ2) is 9.71. The Morgan fingerprint density at radius 3 is 2.53 bits per heavy atom. The Morgan fingerprint density at radius 2 is 1.83 bits per heavy atom. The van der Waals surface area contributed by atoms with Gasteiger partial charge in [-0.3, -0.25) is 0 Å². The van der Waals surface area contributed by atoms with Gasteiger partial charge >= 0.3 is 6.09 Å². The first-order valence-electron chi connectivity index (χ1n) is 10.1. The molecule has 0 N–H and O–H groups in total. The Kier molecular flexibility index (Phi) is 6.59. The molecular formula is C22H24ClN5O2. The zero-order valence-corrected chi connectivity index (χ0v) is 17.4. The van der Waals surface area contributed by atoms with Crippen LogP contribution in [-0.2, 0) is 17.7 Å². The number of likely N-dealkylation sites (tertiary alicyclic amines) is 1. The summed E-state index contributed by atoms with van der Waals surface area (Å²) in [7, 11) is 0. The van der Waals surface area contributed by atoms with E-state index in [0.717, 1.165) is 24.8 Å². The highest BCUT2D eigenvalue weighted by atomic mass is 35.5. The topological polar surface area (TPSA) is 73.1 Å². The van der Waals surface area contributed by atoms with E-state index >= 15 is 0 Å². The molecule has 3 aromatic rings. The van der Waals surface area contributed by atoms with E-state index in [4.69, 9.17) is 16.3 Å². The largest absolute Gasteiger partial charge is 0.439 e.